The van der Waals surface area contributed by atoms with Crippen LogP contribution >= 0.6 is 0 Å². The van der Waals surface area contributed by atoms with Crippen LogP contribution < -0.4 is 0 Å². The van der Waals surface area contributed by atoms with Crippen molar-refractivity contribution < 1.29 is 19.7 Å². The molecule has 3 atom stereocenters. The first-order chi connectivity index (χ1) is 13.8. The second-order valence-electron chi connectivity index (χ2n) is 11.2. The second kappa shape index (κ2) is 15.2. The average molecular weight is 549 g/mol. The van der Waals surface area contributed by atoms with Crippen LogP contribution in [0.1, 0.15) is 39.5 Å². The predicted octanol–water partition coefficient (Wildman–Crippen LogP) is 5.86. The standard InChI is InChI=1S/C21H41O4Si.3CH3.Sn/c1-7-20(15-22)14-21(23)13-18(2)9-8-10-19(3)16-25-17-24-11-12-26(4,5)6;;;;/h10,18,20-23H,1,8-9,11-17H2,2-6H3;3*1H3;/b19-10+;;;;/t18-,20?,21?;;;;/m0..../s1. The van der Waals surface area contributed by atoms with Gasteiger partial charge in [0.05, 0.1) is 0 Å². The summed E-state index contributed by atoms with van der Waals surface area (Å²) in [6.07, 6.45) is 5.31. The van der Waals surface area contributed by atoms with Gasteiger partial charge >= 0.3 is 141 Å². The Kier molecular flexibility index (Phi) is 15.4. The number of hydrogen-bond acceptors (Lipinski definition) is 4. The average Bonchev–Trinajstić information content (AvgIpc) is 2.60. The summed E-state index contributed by atoms with van der Waals surface area (Å²) in [6.45, 7) is 17.5. The van der Waals surface area contributed by atoms with Gasteiger partial charge in [0.15, 0.2) is 0 Å². The molecule has 0 aliphatic carbocycles. The van der Waals surface area contributed by atoms with E-state index in [9.17, 15) is 10.2 Å². The SMILES string of the molecule is C=[C](C(CO)CC(O)C[C@@H](C)CC/C=C(\C)COCOCC[Si](C)(C)C)[Sn]([CH3])([CH3])[CH3]. The normalized spacial score (nSPS) is 16.4. The summed E-state index contributed by atoms with van der Waals surface area (Å²) in [5.41, 5.74) is 1.23. The fraction of sp³-hybridized carbons (Fsp3) is 0.833. The van der Waals surface area contributed by atoms with Gasteiger partial charge in [-0.2, -0.15) is 0 Å². The number of hydrogen-bond donors (Lipinski definition) is 2. The van der Waals surface area contributed by atoms with Crippen LogP contribution in [-0.2, 0) is 9.47 Å². The molecule has 2 unspecified atom stereocenters. The minimum absolute atomic E-state index is 0.0512. The van der Waals surface area contributed by atoms with Crippen LogP contribution in [0, 0.1) is 11.8 Å². The Bertz CT molecular complexity index is 508. The Balaban J connectivity index is 4.08. The molecule has 4 nitrogen and oxygen atoms in total. The summed E-state index contributed by atoms with van der Waals surface area (Å²) < 4.78 is 12.4. The van der Waals surface area contributed by atoms with Crippen molar-refractivity contribution in [3.63, 3.8) is 0 Å². The first-order valence-corrected chi connectivity index (χ1v) is 25.2. The molecule has 0 aromatic heterocycles. The van der Waals surface area contributed by atoms with Crippen LogP contribution in [0.25, 0.3) is 0 Å². The molecule has 0 aliphatic heterocycles. The number of allylic oxidation sites excluding steroid dienone is 1. The molecule has 0 saturated heterocycles. The molecule has 0 amide bonds. The first kappa shape index (κ1) is 30.3. The van der Waals surface area contributed by atoms with Gasteiger partial charge in [-0.1, -0.05) is 19.6 Å². The zero-order chi connectivity index (χ0) is 23.4. The summed E-state index contributed by atoms with van der Waals surface area (Å²) in [7, 11) is -1.03. The molecule has 30 heavy (non-hydrogen) atoms. The molecule has 0 bridgehead atoms. The summed E-state index contributed by atoms with van der Waals surface area (Å²) in [5.74, 6) is 0.496. The first-order valence-electron chi connectivity index (χ1n) is 11.6. The Morgan fingerprint density at radius 3 is 2.30 bits per heavy atom. The molecule has 0 radical (unpaired) electrons. The zero-order valence-electron chi connectivity index (χ0n) is 21.1. The molecule has 178 valence electrons. The number of rotatable bonds is 17. The molecule has 0 fully saturated rings. The molecule has 0 aromatic carbocycles. The van der Waals surface area contributed by atoms with E-state index in [2.05, 4.69) is 61.0 Å². The van der Waals surface area contributed by atoms with E-state index in [1.54, 1.807) is 0 Å². The van der Waals surface area contributed by atoms with E-state index in [0.717, 1.165) is 25.9 Å². The van der Waals surface area contributed by atoms with Crippen molar-refractivity contribution in [1.82, 2.24) is 0 Å². The van der Waals surface area contributed by atoms with Gasteiger partial charge in [-0.05, 0) is 6.04 Å². The Hall–Kier alpha value is 0.336. The van der Waals surface area contributed by atoms with Crippen LogP contribution in [0.15, 0.2) is 21.8 Å². The molecule has 0 rings (SSSR count). The van der Waals surface area contributed by atoms with E-state index in [0.29, 0.717) is 25.7 Å². The molecule has 0 heterocycles. The van der Waals surface area contributed by atoms with Crippen LogP contribution in [0.2, 0.25) is 40.5 Å². The molecule has 0 spiro atoms. The van der Waals surface area contributed by atoms with Crippen molar-refractivity contribution in [2.45, 2.75) is 86.1 Å². The van der Waals surface area contributed by atoms with E-state index in [1.165, 1.54) is 15.2 Å². The predicted molar refractivity (Wildman–Crippen MR) is 135 cm³/mol. The molecule has 0 saturated carbocycles. The third-order valence-corrected chi connectivity index (χ3v) is 13.9. The Morgan fingerprint density at radius 1 is 1.13 bits per heavy atom. The molecular weight excluding hydrogens is 499 g/mol. The van der Waals surface area contributed by atoms with E-state index in [4.69, 9.17) is 9.47 Å². The van der Waals surface area contributed by atoms with Crippen LogP contribution in [0.4, 0.5) is 0 Å². The van der Waals surface area contributed by atoms with Gasteiger partial charge in [0.25, 0.3) is 0 Å². The van der Waals surface area contributed by atoms with Crippen LogP contribution in [-0.4, -0.2) is 69.4 Å². The topological polar surface area (TPSA) is 58.9 Å². The van der Waals surface area contributed by atoms with E-state index in [1.807, 2.05) is 0 Å². The van der Waals surface area contributed by atoms with E-state index in [-0.39, 0.29) is 18.6 Å². The number of ether oxygens (including phenoxy) is 2. The molecule has 0 aliphatic rings. The maximum absolute atomic E-state index is 10.5. The van der Waals surface area contributed by atoms with Crippen molar-refractivity contribution in [3.05, 3.63) is 21.8 Å². The monoisotopic (exact) mass is 550 g/mol. The van der Waals surface area contributed by atoms with Crippen molar-refractivity contribution >= 4 is 26.5 Å². The molecule has 0 aromatic rings. The van der Waals surface area contributed by atoms with Crippen molar-refractivity contribution in [2.24, 2.45) is 11.8 Å². The van der Waals surface area contributed by atoms with Gasteiger partial charge in [0.1, 0.15) is 6.79 Å². The Labute approximate surface area is 192 Å². The van der Waals surface area contributed by atoms with Gasteiger partial charge < -0.3 is 4.74 Å². The quantitative estimate of drug-likeness (QED) is 0.103. The van der Waals surface area contributed by atoms with Crippen molar-refractivity contribution in [3.8, 4) is 0 Å². The van der Waals surface area contributed by atoms with Gasteiger partial charge in [-0.25, -0.2) is 0 Å². The van der Waals surface area contributed by atoms with E-state index >= 15 is 0 Å². The van der Waals surface area contributed by atoms with E-state index < -0.39 is 26.5 Å². The van der Waals surface area contributed by atoms with Gasteiger partial charge in [-0.15, -0.1) is 0 Å². The summed E-state index contributed by atoms with van der Waals surface area (Å²) in [4.78, 5) is 6.94. The third kappa shape index (κ3) is 16.0. The molecular formula is C24H50O4SiSn. The fourth-order valence-electron chi connectivity index (χ4n) is 3.32. The molecule has 2 N–H and O–H groups in total. The van der Waals surface area contributed by atoms with Crippen LogP contribution in [0.3, 0.4) is 0 Å². The third-order valence-electron chi connectivity index (χ3n) is 5.55. The summed E-state index contributed by atoms with van der Waals surface area (Å²) >= 11 is -2.25. The summed E-state index contributed by atoms with van der Waals surface area (Å²) in [5, 5.41) is 20.2. The molecule has 6 heteroatoms. The number of aliphatic hydroxyl groups excluding tert-OH is 2. The Morgan fingerprint density at radius 2 is 1.77 bits per heavy atom. The fourth-order valence-corrected chi connectivity index (χ4v) is 8.17. The van der Waals surface area contributed by atoms with Crippen LogP contribution in [0.5, 0.6) is 0 Å². The second-order valence-corrected chi connectivity index (χ2v) is 31.5. The van der Waals surface area contributed by atoms with Gasteiger partial charge in [0.2, 0.25) is 0 Å². The van der Waals surface area contributed by atoms with Gasteiger partial charge in [0, 0.05) is 14.7 Å². The number of aliphatic hydroxyl groups is 2. The van der Waals surface area contributed by atoms with Crippen molar-refractivity contribution in [2.75, 3.05) is 26.6 Å². The van der Waals surface area contributed by atoms with Crippen molar-refractivity contribution in [1.29, 1.82) is 0 Å². The van der Waals surface area contributed by atoms with Gasteiger partial charge in [-0.3, -0.25) is 0 Å². The zero-order valence-corrected chi connectivity index (χ0v) is 24.9. The minimum atomic E-state index is -2.25. The summed E-state index contributed by atoms with van der Waals surface area (Å²) in [6, 6.07) is 1.17. The maximum atomic E-state index is 10.5.